The van der Waals surface area contributed by atoms with Crippen LogP contribution in [0.25, 0.3) is 0 Å². The summed E-state index contributed by atoms with van der Waals surface area (Å²) in [5, 5.41) is 9.06. The van der Waals surface area contributed by atoms with Crippen molar-refractivity contribution in [2.75, 3.05) is 74.7 Å². The van der Waals surface area contributed by atoms with Crippen molar-refractivity contribution in [2.45, 2.75) is 90.2 Å². The van der Waals surface area contributed by atoms with E-state index in [9.17, 15) is 36.0 Å². The largest absolute Gasteiger partial charge is 0.497 e. The highest BCUT2D eigenvalue weighted by Gasteiger charge is 2.31. The summed E-state index contributed by atoms with van der Waals surface area (Å²) in [7, 11) is -0.663. The average Bonchev–Trinajstić information content (AvgIpc) is 3.08. The van der Waals surface area contributed by atoms with E-state index >= 15 is 0 Å². The number of likely N-dealkylation sites (N-methyl/N-ethyl adjacent to an activating group) is 2. The molecular weight excluding hydrogens is 813 g/mol. The van der Waals surface area contributed by atoms with Gasteiger partial charge in [0.05, 0.1) is 31.1 Å². The van der Waals surface area contributed by atoms with Crippen LogP contribution in [0.4, 0.5) is 9.59 Å². The molecule has 1 N–H and O–H groups in total. The summed E-state index contributed by atoms with van der Waals surface area (Å²) in [6.07, 6.45) is -1.54. The predicted molar refractivity (Wildman–Crippen MR) is 220 cm³/mol. The number of carboxylic acid groups (broad SMARTS) is 1. The first kappa shape index (κ1) is 52.4. The highest BCUT2D eigenvalue weighted by Crippen LogP contribution is 2.29. The Labute approximate surface area is 349 Å². The van der Waals surface area contributed by atoms with E-state index in [1.54, 1.807) is 93.5 Å². The van der Waals surface area contributed by atoms with Gasteiger partial charge in [-0.15, -0.1) is 0 Å². The Morgan fingerprint density at radius 1 is 0.576 bits per heavy atom. The fourth-order valence-corrected chi connectivity index (χ4v) is 8.58. The lowest BCUT2D eigenvalue weighted by Gasteiger charge is -2.28. The molecule has 0 aliphatic rings. The molecule has 0 bridgehead atoms. The van der Waals surface area contributed by atoms with Crippen molar-refractivity contribution < 1.29 is 64.8 Å². The van der Waals surface area contributed by atoms with Gasteiger partial charge in [0, 0.05) is 40.3 Å². The van der Waals surface area contributed by atoms with Crippen LogP contribution >= 0.6 is 0 Å². The number of nitrogens with zero attached hydrogens (tertiary/aromatic N) is 4. The van der Waals surface area contributed by atoms with E-state index in [0.717, 1.165) is 18.4 Å². The van der Waals surface area contributed by atoms with Gasteiger partial charge in [0.25, 0.3) is 0 Å². The van der Waals surface area contributed by atoms with Crippen LogP contribution in [0, 0.1) is 27.7 Å². The van der Waals surface area contributed by atoms with Gasteiger partial charge in [0.15, 0.2) is 0 Å². The van der Waals surface area contributed by atoms with Crippen LogP contribution in [0.5, 0.6) is 11.5 Å². The van der Waals surface area contributed by atoms with Gasteiger partial charge in [-0.2, -0.15) is 8.61 Å². The predicted octanol–water partition coefficient (Wildman–Crippen LogP) is 4.60. The molecule has 59 heavy (non-hydrogen) atoms. The lowest BCUT2D eigenvalue weighted by Crippen LogP contribution is -2.44. The average molecular weight is 875 g/mol. The van der Waals surface area contributed by atoms with Gasteiger partial charge >= 0.3 is 24.1 Å². The standard InChI is InChI=1S/C20H32N2O7S.C19H30N2O7S/c1-14-11-16(27-7)12-15(2)18(14)30(25,26)21(6)9-10-22(13-17(23)28-8)19(24)29-20(3,4)5;1-13-10-15(27-7)11-14(2)17(13)29(25,26)20(6)8-9-21(12-16(22)23)18(24)28-19(3,4)5/h11-12H,9-10,13H2,1-8H3;10-11H,8-9,12H2,1-7H3,(H,22,23). The quantitative estimate of drug-likeness (QED) is 0.180. The Morgan fingerprint density at radius 2 is 0.881 bits per heavy atom. The molecule has 2 aromatic carbocycles. The maximum Gasteiger partial charge on any atom is 0.410 e. The molecule has 0 aliphatic carbocycles. The minimum Gasteiger partial charge on any atom is -0.497 e. The molecule has 0 spiro atoms. The van der Waals surface area contributed by atoms with Gasteiger partial charge in [0.2, 0.25) is 20.0 Å². The van der Waals surface area contributed by atoms with E-state index in [1.807, 2.05) is 0 Å². The van der Waals surface area contributed by atoms with Crippen LogP contribution in [0.3, 0.4) is 0 Å². The second-order valence-corrected chi connectivity index (χ2v) is 19.6. The van der Waals surface area contributed by atoms with Gasteiger partial charge in [-0.25, -0.2) is 26.4 Å². The monoisotopic (exact) mass is 874 g/mol. The van der Waals surface area contributed by atoms with Crippen LogP contribution in [0.1, 0.15) is 63.8 Å². The lowest BCUT2D eigenvalue weighted by molar-refractivity contribution is -0.142. The summed E-state index contributed by atoms with van der Waals surface area (Å²) in [5.41, 5.74) is 0.602. The maximum absolute atomic E-state index is 13.1. The number of carbonyl (C=O) groups is 4. The summed E-state index contributed by atoms with van der Waals surface area (Å²) in [6.45, 7) is 15.6. The third-order valence-electron chi connectivity index (χ3n) is 8.22. The van der Waals surface area contributed by atoms with Crippen molar-refractivity contribution in [3.8, 4) is 11.5 Å². The molecule has 0 aromatic heterocycles. The number of carbonyl (C=O) groups excluding carboxylic acids is 3. The highest BCUT2D eigenvalue weighted by molar-refractivity contribution is 7.89. The number of esters is 1. The molecule has 20 heteroatoms. The van der Waals surface area contributed by atoms with E-state index < -0.39 is 61.9 Å². The van der Waals surface area contributed by atoms with Crippen molar-refractivity contribution in [3.63, 3.8) is 0 Å². The van der Waals surface area contributed by atoms with E-state index in [2.05, 4.69) is 4.74 Å². The first-order valence-electron chi connectivity index (χ1n) is 18.4. The molecule has 334 valence electrons. The number of sulfonamides is 2. The van der Waals surface area contributed by atoms with Crippen molar-refractivity contribution >= 4 is 44.2 Å². The second-order valence-electron chi connectivity index (χ2n) is 15.6. The van der Waals surface area contributed by atoms with Crippen molar-refractivity contribution in [1.82, 2.24) is 18.4 Å². The third kappa shape index (κ3) is 16.1. The number of rotatable bonds is 16. The Balaban J connectivity index is 0.000000590. The summed E-state index contributed by atoms with van der Waals surface area (Å²) in [5.74, 6) is -0.726. The Bertz CT molecular complexity index is 1980. The zero-order chi connectivity index (χ0) is 45.8. The van der Waals surface area contributed by atoms with Crippen molar-refractivity contribution in [1.29, 1.82) is 0 Å². The maximum atomic E-state index is 13.1. The van der Waals surface area contributed by atoms with Crippen LogP contribution < -0.4 is 9.47 Å². The topological polar surface area (TPSA) is 216 Å². The molecule has 0 radical (unpaired) electrons. The van der Waals surface area contributed by atoms with E-state index in [4.69, 9.17) is 24.1 Å². The number of hydrogen-bond donors (Lipinski definition) is 1. The minimum absolute atomic E-state index is 0.0382. The molecule has 0 aliphatic heterocycles. The van der Waals surface area contributed by atoms with Gasteiger partial charge in [-0.05, 0) is 116 Å². The molecule has 0 atom stereocenters. The molecule has 2 amide bonds. The molecular formula is C39H62N4O14S2. The fourth-order valence-electron chi connectivity index (χ4n) is 5.45. The summed E-state index contributed by atoms with van der Waals surface area (Å²) in [4.78, 5) is 49.9. The summed E-state index contributed by atoms with van der Waals surface area (Å²) < 4.78 is 80.1. The van der Waals surface area contributed by atoms with Gasteiger partial charge in [-0.3, -0.25) is 19.4 Å². The number of carboxylic acids is 1. The minimum atomic E-state index is -3.86. The third-order valence-corrected chi connectivity index (χ3v) is 12.5. The van der Waals surface area contributed by atoms with Gasteiger partial charge in [-0.1, -0.05) is 0 Å². The number of amides is 2. The van der Waals surface area contributed by atoms with Crippen molar-refractivity contribution in [2.24, 2.45) is 0 Å². The Hall–Kier alpha value is -4.66. The number of ether oxygens (including phenoxy) is 5. The normalized spacial score (nSPS) is 11.9. The molecule has 0 saturated heterocycles. The molecule has 18 nitrogen and oxygen atoms in total. The number of hydrogen-bond acceptors (Lipinski definition) is 13. The Kier molecular flexibility index (Phi) is 19.1. The smallest absolute Gasteiger partial charge is 0.410 e. The molecule has 2 aromatic rings. The van der Waals surface area contributed by atoms with Crippen LogP contribution in [-0.4, -0.2) is 150 Å². The number of aliphatic carboxylic acids is 1. The summed E-state index contributed by atoms with van der Waals surface area (Å²) in [6, 6.07) is 6.56. The van der Waals surface area contributed by atoms with Crippen LogP contribution in [0.2, 0.25) is 0 Å². The fraction of sp³-hybridized carbons (Fsp3) is 0.590. The zero-order valence-corrected chi connectivity index (χ0v) is 38.5. The number of benzene rings is 2. The molecule has 2 rings (SSSR count). The van der Waals surface area contributed by atoms with Crippen LogP contribution in [-0.2, 0) is 43.8 Å². The van der Waals surface area contributed by atoms with Crippen LogP contribution in [0.15, 0.2) is 34.1 Å². The molecule has 0 fully saturated rings. The van der Waals surface area contributed by atoms with Gasteiger partial charge in [0.1, 0.15) is 35.8 Å². The number of methoxy groups -OCH3 is 3. The van der Waals surface area contributed by atoms with Crippen molar-refractivity contribution in [3.05, 3.63) is 46.5 Å². The van der Waals surface area contributed by atoms with Gasteiger partial charge < -0.3 is 28.8 Å². The van der Waals surface area contributed by atoms with E-state index in [0.29, 0.717) is 33.8 Å². The SMILES string of the molecule is COC(=O)CN(CCN(C)S(=O)(=O)c1c(C)cc(OC)cc1C)C(=O)OC(C)(C)C.COc1cc(C)c(S(=O)(=O)N(C)CCN(CC(=O)O)C(=O)OC(C)(C)C)c(C)c1. The molecule has 0 unspecified atom stereocenters. The zero-order valence-electron chi connectivity index (χ0n) is 36.9. The first-order chi connectivity index (χ1) is 26.9. The first-order valence-corrected chi connectivity index (χ1v) is 21.3. The highest BCUT2D eigenvalue weighted by atomic mass is 32.2. The molecule has 0 saturated carbocycles. The summed E-state index contributed by atoms with van der Waals surface area (Å²) >= 11 is 0. The van der Waals surface area contributed by atoms with E-state index in [-0.39, 0.29) is 42.5 Å². The second kappa shape index (κ2) is 21.6. The molecule has 0 heterocycles. The Morgan fingerprint density at radius 3 is 1.14 bits per heavy atom. The lowest BCUT2D eigenvalue weighted by atomic mass is 10.1. The van der Waals surface area contributed by atoms with E-state index in [1.165, 1.54) is 35.4 Å². The number of aryl methyl sites for hydroxylation is 4.